The number of hydrogen-bond donors (Lipinski definition) is 2. The van der Waals surface area contributed by atoms with Crippen molar-refractivity contribution in [2.75, 3.05) is 13.1 Å². The molecule has 0 bridgehead atoms. The smallest absolute Gasteiger partial charge is 0.226 e. The molecule has 0 radical (unpaired) electrons. The fraction of sp³-hybridized carbons (Fsp3) is 0.938. The Hall–Kier alpha value is -0.570. The molecule has 0 aliphatic heterocycles. The zero-order chi connectivity index (χ0) is 13.7. The lowest BCUT2D eigenvalue weighted by atomic mass is 9.77. The van der Waals surface area contributed by atoms with Gasteiger partial charge in [-0.05, 0) is 51.0 Å². The van der Waals surface area contributed by atoms with Gasteiger partial charge in [0.05, 0.1) is 0 Å². The molecule has 0 aromatic heterocycles. The van der Waals surface area contributed by atoms with Crippen LogP contribution in [0.5, 0.6) is 0 Å². The van der Waals surface area contributed by atoms with E-state index in [1.165, 1.54) is 25.7 Å². The van der Waals surface area contributed by atoms with E-state index in [0.717, 1.165) is 44.8 Å². The fourth-order valence-corrected chi connectivity index (χ4v) is 3.43. The zero-order valence-electron chi connectivity index (χ0n) is 12.6. The van der Waals surface area contributed by atoms with Gasteiger partial charge in [0, 0.05) is 18.0 Å². The molecule has 19 heavy (non-hydrogen) atoms. The lowest BCUT2D eigenvalue weighted by molar-refractivity contribution is -0.131. The summed E-state index contributed by atoms with van der Waals surface area (Å²) in [5.74, 6) is 0.936. The van der Waals surface area contributed by atoms with Crippen LogP contribution in [0.3, 0.4) is 0 Å². The Morgan fingerprint density at radius 2 is 1.89 bits per heavy atom. The van der Waals surface area contributed by atoms with E-state index in [2.05, 4.69) is 24.5 Å². The van der Waals surface area contributed by atoms with E-state index >= 15 is 0 Å². The minimum absolute atomic E-state index is 0.0436. The van der Waals surface area contributed by atoms with E-state index < -0.39 is 0 Å². The number of carbonyl (C=O) groups excluding carboxylic acids is 1. The molecule has 2 saturated carbocycles. The standard InChI is InChI=1S/C16H30N2O/c1-13(2)12-16(8-3-4-9-16)15(19)18-11-5-10-17-14-6-7-14/h13-14,17H,3-12H2,1-2H3,(H,18,19). The minimum atomic E-state index is -0.0436. The van der Waals surface area contributed by atoms with E-state index in [0.29, 0.717) is 11.8 Å². The summed E-state index contributed by atoms with van der Waals surface area (Å²) in [5, 5.41) is 6.68. The van der Waals surface area contributed by atoms with Crippen LogP contribution in [0.15, 0.2) is 0 Å². The summed E-state index contributed by atoms with van der Waals surface area (Å²) in [6, 6.07) is 0.776. The second-order valence-electron chi connectivity index (χ2n) is 6.92. The molecule has 0 spiro atoms. The molecular formula is C16H30N2O. The first kappa shape index (κ1) is 14.8. The second-order valence-corrected chi connectivity index (χ2v) is 6.92. The third-order valence-electron chi connectivity index (χ3n) is 4.49. The molecule has 2 aliphatic carbocycles. The van der Waals surface area contributed by atoms with Gasteiger partial charge in [0.1, 0.15) is 0 Å². The van der Waals surface area contributed by atoms with Gasteiger partial charge in [-0.3, -0.25) is 4.79 Å². The summed E-state index contributed by atoms with van der Waals surface area (Å²) in [7, 11) is 0. The normalized spacial score (nSPS) is 21.8. The van der Waals surface area contributed by atoms with Crippen LogP contribution in [0.1, 0.15) is 65.2 Å². The highest BCUT2D eigenvalue weighted by molar-refractivity contribution is 5.82. The van der Waals surface area contributed by atoms with Crippen LogP contribution in [0.2, 0.25) is 0 Å². The average Bonchev–Trinajstić information content (AvgIpc) is 3.06. The SMILES string of the molecule is CC(C)CC1(C(=O)NCCCNC2CC2)CCCC1. The van der Waals surface area contributed by atoms with E-state index in [9.17, 15) is 4.79 Å². The van der Waals surface area contributed by atoms with Crippen molar-refractivity contribution in [2.45, 2.75) is 71.3 Å². The summed E-state index contributed by atoms with van der Waals surface area (Å²) in [5.41, 5.74) is -0.0436. The first-order valence-electron chi connectivity index (χ1n) is 8.14. The molecule has 0 atom stereocenters. The van der Waals surface area contributed by atoms with Crippen LogP contribution >= 0.6 is 0 Å². The quantitative estimate of drug-likeness (QED) is 0.663. The van der Waals surface area contributed by atoms with Gasteiger partial charge in [-0.15, -0.1) is 0 Å². The van der Waals surface area contributed by atoms with Gasteiger partial charge in [-0.25, -0.2) is 0 Å². The van der Waals surface area contributed by atoms with Gasteiger partial charge in [0.25, 0.3) is 0 Å². The van der Waals surface area contributed by atoms with Crippen molar-refractivity contribution < 1.29 is 4.79 Å². The Balaban J connectivity index is 1.69. The van der Waals surface area contributed by atoms with Crippen molar-refractivity contribution in [1.82, 2.24) is 10.6 Å². The minimum Gasteiger partial charge on any atom is -0.356 e. The van der Waals surface area contributed by atoms with Crippen LogP contribution in [0.25, 0.3) is 0 Å². The molecule has 2 rings (SSSR count). The molecule has 0 aromatic carbocycles. The summed E-state index contributed by atoms with van der Waals surface area (Å²) >= 11 is 0. The Bertz CT molecular complexity index is 291. The van der Waals surface area contributed by atoms with E-state index in [4.69, 9.17) is 0 Å². The Labute approximate surface area is 117 Å². The molecule has 1 amide bonds. The number of carbonyl (C=O) groups is 1. The van der Waals surface area contributed by atoms with Gasteiger partial charge >= 0.3 is 0 Å². The number of amides is 1. The Morgan fingerprint density at radius 3 is 2.47 bits per heavy atom. The maximum atomic E-state index is 12.5. The van der Waals surface area contributed by atoms with E-state index in [1.807, 2.05) is 0 Å². The van der Waals surface area contributed by atoms with Gasteiger partial charge < -0.3 is 10.6 Å². The van der Waals surface area contributed by atoms with Crippen LogP contribution in [-0.2, 0) is 4.79 Å². The maximum Gasteiger partial charge on any atom is 0.226 e. The van der Waals surface area contributed by atoms with Crippen molar-refractivity contribution in [3.63, 3.8) is 0 Å². The molecule has 110 valence electrons. The number of nitrogens with one attached hydrogen (secondary N) is 2. The second kappa shape index (κ2) is 6.74. The molecule has 0 heterocycles. The molecule has 2 aliphatic rings. The topological polar surface area (TPSA) is 41.1 Å². The number of hydrogen-bond acceptors (Lipinski definition) is 2. The molecular weight excluding hydrogens is 236 g/mol. The summed E-state index contributed by atoms with van der Waals surface area (Å²) < 4.78 is 0. The van der Waals surface area contributed by atoms with Crippen LogP contribution in [-0.4, -0.2) is 25.0 Å². The van der Waals surface area contributed by atoms with E-state index in [-0.39, 0.29) is 5.41 Å². The highest BCUT2D eigenvalue weighted by atomic mass is 16.2. The predicted molar refractivity (Wildman–Crippen MR) is 79.0 cm³/mol. The van der Waals surface area contributed by atoms with Gasteiger partial charge in [-0.1, -0.05) is 26.7 Å². The number of rotatable bonds is 8. The maximum absolute atomic E-state index is 12.5. The first-order chi connectivity index (χ1) is 9.12. The lowest BCUT2D eigenvalue weighted by Gasteiger charge is -2.29. The molecule has 2 fully saturated rings. The van der Waals surface area contributed by atoms with Crippen molar-refractivity contribution in [3.05, 3.63) is 0 Å². The fourth-order valence-electron chi connectivity index (χ4n) is 3.43. The van der Waals surface area contributed by atoms with Crippen LogP contribution < -0.4 is 10.6 Å². The highest BCUT2D eigenvalue weighted by Gasteiger charge is 2.40. The van der Waals surface area contributed by atoms with Gasteiger partial charge in [0.15, 0.2) is 0 Å². The molecule has 0 aromatic rings. The average molecular weight is 266 g/mol. The third-order valence-corrected chi connectivity index (χ3v) is 4.49. The van der Waals surface area contributed by atoms with Crippen molar-refractivity contribution in [1.29, 1.82) is 0 Å². The molecule has 3 heteroatoms. The summed E-state index contributed by atoms with van der Waals surface area (Å²) in [4.78, 5) is 12.5. The van der Waals surface area contributed by atoms with Crippen molar-refractivity contribution in [3.8, 4) is 0 Å². The summed E-state index contributed by atoms with van der Waals surface area (Å²) in [6.07, 6.45) is 9.42. The highest BCUT2D eigenvalue weighted by Crippen LogP contribution is 2.43. The molecule has 0 unspecified atom stereocenters. The third kappa shape index (κ3) is 4.48. The van der Waals surface area contributed by atoms with Gasteiger partial charge in [0.2, 0.25) is 5.91 Å². The van der Waals surface area contributed by atoms with Crippen LogP contribution in [0.4, 0.5) is 0 Å². The Morgan fingerprint density at radius 1 is 1.21 bits per heavy atom. The first-order valence-corrected chi connectivity index (χ1v) is 8.14. The van der Waals surface area contributed by atoms with E-state index in [1.54, 1.807) is 0 Å². The summed E-state index contributed by atoms with van der Waals surface area (Å²) in [6.45, 7) is 6.33. The molecule has 3 nitrogen and oxygen atoms in total. The Kier molecular flexibility index (Phi) is 5.26. The predicted octanol–water partition coefficient (Wildman–Crippen LogP) is 2.85. The molecule has 2 N–H and O–H groups in total. The zero-order valence-corrected chi connectivity index (χ0v) is 12.6. The van der Waals surface area contributed by atoms with Crippen molar-refractivity contribution in [2.24, 2.45) is 11.3 Å². The lowest BCUT2D eigenvalue weighted by Crippen LogP contribution is -2.41. The van der Waals surface area contributed by atoms with Crippen LogP contribution in [0, 0.1) is 11.3 Å². The molecule has 0 saturated heterocycles. The largest absolute Gasteiger partial charge is 0.356 e. The van der Waals surface area contributed by atoms with Crippen molar-refractivity contribution >= 4 is 5.91 Å². The van der Waals surface area contributed by atoms with Gasteiger partial charge in [-0.2, -0.15) is 0 Å². The monoisotopic (exact) mass is 266 g/mol.